The van der Waals surface area contributed by atoms with E-state index in [1.807, 2.05) is 0 Å². The SMILES string of the molecule is C#CC(C)(C)N(C)S(=O)(=O)c1c(C)noc1C. The van der Waals surface area contributed by atoms with Gasteiger partial charge in [0.15, 0.2) is 5.76 Å². The maximum Gasteiger partial charge on any atom is 0.249 e. The van der Waals surface area contributed by atoms with Crippen molar-refractivity contribution in [2.75, 3.05) is 7.05 Å². The highest BCUT2D eigenvalue weighted by Crippen LogP contribution is 2.26. The van der Waals surface area contributed by atoms with E-state index in [9.17, 15) is 8.42 Å². The van der Waals surface area contributed by atoms with Crippen LogP contribution in [0.4, 0.5) is 0 Å². The second kappa shape index (κ2) is 4.17. The summed E-state index contributed by atoms with van der Waals surface area (Å²) in [6.07, 6.45) is 5.34. The van der Waals surface area contributed by atoms with Crippen LogP contribution in [0.15, 0.2) is 9.42 Å². The highest BCUT2D eigenvalue weighted by molar-refractivity contribution is 7.89. The van der Waals surface area contributed by atoms with Crippen molar-refractivity contribution in [3.63, 3.8) is 0 Å². The van der Waals surface area contributed by atoms with Gasteiger partial charge >= 0.3 is 0 Å². The van der Waals surface area contributed by atoms with Crippen LogP contribution in [-0.2, 0) is 10.0 Å². The molecule has 0 saturated carbocycles. The fourth-order valence-corrected chi connectivity index (χ4v) is 3.11. The van der Waals surface area contributed by atoms with Crippen molar-refractivity contribution in [2.45, 2.75) is 38.1 Å². The molecule has 1 aromatic heterocycles. The molecule has 17 heavy (non-hydrogen) atoms. The maximum absolute atomic E-state index is 12.4. The lowest BCUT2D eigenvalue weighted by atomic mass is 10.1. The van der Waals surface area contributed by atoms with Crippen molar-refractivity contribution in [3.8, 4) is 12.3 Å². The fourth-order valence-electron chi connectivity index (χ4n) is 1.37. The molecule has 0 aliphatic carbocycles. The van der Waals surface area contributed by atoms with E-state index >= 15 is 0 Å². The standard InChI is InChI=1S/C11H16N2O3S/c1-7-11(4,5)13(6)17(14,15)10-8(2)12-16-9(10)3/h1H,2-6H3. The van der Waals surface area contributed by atoms with Gasteiger partial charge in [-0.15, -0.1) is 6.42 Å². The molecule has 0 atom stereocenters. The van der Waals surface area contributed by atoms with Crippen molar-refractivity contribution in [1.82, 2.24) is 9.46 Å². The van der Waals surface area contributed by atoms with Crippen molar-refractivity contribution >= 4 is 10.0 Å². The number of aryl methyl sites for hydroxylation is 2. The Hall–Kier alpha value is -1.32. The first-order valence-electron chi connectivity index (χ1n) is 5.04. The molecule has 1 aromatic rings. The first-order valence-corrected chi connectivity index (χ1v) is 6.48. The van der Waals surface area contributed by atoms with Crippen LogP contribution >= 0.6 is 0 Å². The van der Waals surface area contributed by atoms with Gasteiger partial charge in [0.25, 0.3) is 0 Å². The predicted molar refractivity (Wildman–Crippen MR) is 63.8 cm³/mol. The highest BCUT2D eigenvalue weighted by Gasteiger charge is 2.36. The van der Waals surface area contributed by atoms with Gasteiger partial charge in [0.2, 0.25) is 10.0 Å². The van der Waals surface area contributed by atoms with Crippen LogP contribution in [0.2, 0.25) is 0 Å². The molecule has 0 unspecified atom stereocenters. The minimum Gasteiger partial charge on any atom is -0.360 e. The summed E-state index contributed by atoms with van der Waals surface area (Å²) in [7, 11) is -2.25. The Bertz CT molecular complexity index is 545. The molecule has 5 nitrogen and oxygen atoms in total. The third-order valence-electron chi connectivity index (χ3n) is 2.73. The van der Waals surface area contributed by atoms with Crippen LogP contribution in [0.1, 0.15) is 25.3 Å². The molecule has 0 amide bonds. The smallest absolute Gasteiger partial charge is 0.249 e. The van der Waals surface area contributed by atoms with E-state index in [0.29, 0.717) is 5.69 Å². The summed E-state index contributed by atoms with van der Waals surface area (Å²) in [5.74, 6) is 2.71. The van der Waals surface area contributed by atoms with E-state index in [0.717, 1.165) is 4.31 Å². The molecule has 94 valence electrons. The van der Waals surface area contributed by atoms with Crippen LogP contribution in [0, 0.1) is 26.2 Å². The molecular formula is C11H16N2O3S. The van der Waals surface area contributed by atoms with Gasteiger partial charge in [-0.3, -0.25) is 0 Å². The summed E-state index contributed by atoms with van der Waals surface area (Å²) in [5, 5.41) is 3.64. The van der Waals surface area contributed by atoms with Gasteiger partial charge in [0.1, 0.15) is 10.6 Å². The average Bonchev–Trinajstić information content (AvgIpc) is 2.57. The van der Waals surface area contributed by atoms with E-state index in [1.54, 1.807) is 27.7 Å². The number of aromatic nitrogens is 1. The number of sulfonamides is 1. The van der Waals surface area contributed by atoms with Gasteiger partial charge in [-0.2, -0.15) is 4.31 Å². The summed E-state index contributed by atoms with van der Waals surface area (Å²) >= 11 is 0. The Balaban J connectivity index is 3.37. The molecule has 1 rings (SSSR count). The van der Waals surface area contributed by atoms with Gasteiger partial charge in [-0.1, -0.05) is 11.1 Å². The summed E-state index contributed by atoms with van der Waals surface area (Å²) in [6, 6.07) is 0. The third-order valence-corrected chi connectivity index (χ3v) is 5.00. The molecule has 6 heteroatoms. The topological polar surface area (TPSA) is 63.4 Å². The lowest BCUT2D eigenvalue weighted by Crippen LogP contribution is -2.44. The molecule has 0 spiro atoms. The summed E-state index contributed by atoms with van der Waals surface area (Å²) in [6.45, 7) is 6.45. The monoisotopic (exact) mass is 256 g/mol. The number of rotatable bonds is 3. The van der Waals surface area contributed by atoms with Gasteiger partial charge in [-0.05, 0) is 27.7 Å². The van der Waals surface area contributed by atoms with Gasteiger partial charge in [0.05, 0.1) is 5.54 Å². The number of terminal acetylenes is 1. The molecule has 0 aliphatic heterocycles. The minimum atomic E-state index is -3.69. The second-order valence-corrected chi connectivity index (χ2v) is 6.24. The summed E-state index contributed by atoms with van der Waals surface area (Å²) < 4.78 is 30.8. The Morgan fingerprint density at radius 3 is 2.29 bits per heavy atom. The van der Waals surface area contributed by atoms with Crippen molar-refractivity contribution in [3.05, 3.63) is 11.5 Å². The van der Waals surface area contributed by atoms with Crippen LogP contribution < -0.4 is 0 Å². The zero-order chi connectivity index (χ0) is 13.4. The fraction of sp³-hybridized carbons (Fsp3) is 0.545. The molecule has 1 heterocycles. The molecule has 0 aliphatic rings. The molecule has 0 saturated heterocycles. The van der Waals surface area contributed by atoms with Crippen LogP contribution in [0.25, 0.3) is 0 Å². The van der Waals surface area contributed by atoms with E-state index in [2.05, 4.69) is 11.1 Å². The van der Waals surface area contributed by atoms with Crippen LogP contribution in [-0.4, -0.2) is 30.5 Å². The Kier molecular flexibility index (Phi) is 3.37. The predicted octanol–water partition coefficient (Wildman–Crippen LogP) is 1.32. The summed E-state index contributed by atoms with van der Waals surface area (Å²) in [4.78, 5) is 0.0864. The first kappa shape index (κ1) is 13.7. The number of hydrogen-bond donors (Lipinski definition) is 0. The molecule has 0 fully saturated rings. The van der Waals surface area contributed by atoms with Crippen molar-refractivity contribution in [2.24, 2.45) is 0 Å². The van der Waals surface area contributed by atoms with Gasteiger partial charge < -0.3 is 4.52 Å². The van der Waals surface area contributed by atoms with E-state index in [4.69, 9.17) is 10.9 Å². The Morgan fingerprint density at radius 1 is 1.41 bits per heavy atom. The van der Waals surface area contributed by atoms with Crippen LogP contribution in [0.5, 0.6) is 0 Å². The minimum absolute atomic E-state index is 0.0864. The Morgan fingerprint density at radius 2 is 1.94 bits per heavy atom. The molecule has 0 bridgehead atoms. The van der Waals surface area contributed by atoms with E-state index in [1.165, 1.54) is 7.05 Å². The summed E-state index contributed by atoms with van der Waals surface area (Å²) in [5.41, 5.74) is -0.572. The first-order chi connectivity index (χ1) is 7.64. The largest absolute Gasteiger partial charge is 0.360 e. The van der Waals surface area contributed by atoms with Gasteiger partial charge in [-0.25, -0.2) is 8.42 Å². The third kappa shape index (κ3) is 2.21. The zero-order valence-electron chi connectivity index (χ0n) is 10.6. The normalized spacial score (nSPS) is 12.8. The zero-order valence-corrected chi connectivity index (χ0v) is 11.4. The highest BCUT2D eigenvalue weighted by atomic mass is 32.2. The average molecular weight is 256 g/mol. The van der Waals surface area contributed by atoms with Crippen molar-refractivity contribution in [1.29, 1.82) is 0 Å². The molecule has 0 radical (unpaired) electrons. The van der Waals surface area contributed by atoms with E-state index in [-0.39, 0.29) is 10.7 Å². The quantitative estimate of drug-likeness (QED) is 0.765. The number of hydrogen-bond acceptors (Lipinski definition) is 4. The molecular weight excluding hydrogens is 240 g/mol. The van der Waals surface area contributed by atoms with Crippen LogP contribution in [0.3, 0.4) is 0 Å². The molecule has 0 N–H and O–H groups in total. The van der Waals surface area contributed by atoms with Gasteiger partial charge in [0, 0.05) is 7.05 Å². The maximum atomic E-state index is 12.4. The lowest BCUT2D eigenvalue weighted by molar-refractivity contribution is 0.339. The van der Waals surface area contributed by atoms with E-state index < -0.39 is 15.6 Å². The van der Waals surface area contributed by atoms with Crippen molar-refractivity contribution < 1.29 is 12.9 Å². The lowest BCUT2D eigenvalue weighted by Gasteiger charge is -2.29. The Labute approximate surface area is 102 Å². The number of nitrogens with zero attached hydrogens (tertiary/aromatic N) is 2. The second-order valence-electron chi connectivity index (χ2n) is 4.33. The molecule has 0 aromatic carbocycles.